The molecule has 2 heterocycles. The number of aromatic nitrogens is 3. The van der Waals surface area contributed by atoms with E-state index in [0.717, 1.165) is 22.3 Å². The number of nitrogens with zero attached hydrogens (tertiary/aromatic N) is 3. The Kier molecular flexibility index (Phi) is 4.64. The Bertz CT molecular complexity index is 1110. The van der Waals surface area contributed by atoms with Crippen LogP contribution in [0.1, 0.15) is 11.6 Å². The van der Waals surface area contributed by atoms with Gasteiger partial charge in [-0.05, 0) is 37.3 Å². The third-order valence-electron chi connectivity index (χ3n) is 4.03. The Hall–Kier alpha value is -3.12. The van der Waals surface area contributed by atoms with Crippen molar-refractivity contribution in [2.24, 2.45) is 0 Å². The first-order chi connectivity index (χ1) is 13.1. The van der Waals surface area contributed by atoms with Gasteiger partial charge in [-0.2, -0.15) is 0 Å². The second kappa shape index (κ2) is 7.25. The van der Waals surface area contributed by atoms with Gasteiger partial charge in [0, 0.05) is 17.1 Å². The molecule has 4 rings (SSSR count). The third-order valence-corrected chi connectivity index (χ3v) is 4.36. The number of hydrogen-bond acceptors (Lipinski definition) is 6. The summed E-state index contributed by atoms with van der Waals surface area (Å²) in [5.74, 6) is 2.12. The van der Waals surface area contributed by atoms with Gasteiger partial charge in [-0.15, -0.1) is 10.2 Å². The molecule has 7 heteroatoms. The van der Waals surface area contributed by atoms with Gasteiger partial charge in [0.1, 0.15) is 11.5 Å². The summed E-state index contributed by atoms with van der Waals surface area (Å²) >= 11 is 6.17. The molecule has 0 aliphatic heterocycles. The van der Waals surface area contributed by atoms with Crippen molar-refractivity contribution in [1.29, 1.82) is 0 Å². The predicted molar refractivity (Wildman–Crippen MR) is 102 cm³/mol. The summed E-state index contributed by atoms with van der Waals surface area (Å²) in [6, 6.07) is 14.8. The zero-order valence-corrected chi connectivity index (χ0v) is 15.5. The molecule has 27 heavy (non-hydrogen) atoms. The van der Waals surface area contributed by atoms with Crippen molar-refractivity contribution in [2.75, 3.05) is 7.11 Å². The van der Waals surface area contributed by atoms with Crippen molar-refractivity contribution in [1.82, 2.24) is 15.2 Å². The van der Waals surface area contributed by atoms with E-state index in [-0.39, 0.29) is 6.61 Å². The molecular formula is C20H16ClN3O3. The number of ether oxygens (including phenoxy) is 2. The average molecular weight is 382 g/mol. The van der Waals surface area contributed by atoms with Crippen LogP contribution in [0, 0.1) is 6.92 Å². The zero-order chi connectivity index (χ0) is 18.8. The van der Waals surface area contributed by atoms with Crippen LogP contribution in [0.3, 0.4) is 0 Å². The van der Waals surface area contributed by atoms with E-state index in [1.54, 1.807) is 13.2 Å². The van der Waals surface area contributed by atoms with Crippen LogP contribution in [0.4, 0.5) is 0 Å². The van der Waals surface area contributed by atoms with E-state index in [2.05, 4.69) is 15.2 Å². The number of halogens is 1. The molecule has 2 aromatic heterocycles. The van der Waals surface area contributed by atoms with Crippen LogP contribution in [0.25, 0.3) is 22.4 Å². The van der Waals surface area contributed by atoms with Gasteiger partial charge >= 0.3 is 0 Å². The molecule has 4 aromatic rings. The second-order valence-electron chi connectivity index (χ2n) is 5.91. The van der Waals surface area contributed by atoms with E-state index in [1.165, 1.54) is 0 Å². The lowest BCUT2D eigenvalue weighted by molar-refractivity contribution is 0.267. The minimum atomic E-state index is 0.132. The standard InChI is InChI=1S/C20H16ClN3O3/c1-12-9-18(15-10-13(25-2)7-8-17(15)22-12)26-11-19-23-24-20(27-19)14-5-3-4-6-16(14)21/h3-10H,11H2,1-2H3. The highest BCUT2D eigenvalue weighted by Gasteiger charge is 2.13. The molecule has 0 radical (unpaired) electrons. The first kappa shape index (κ1) is 17.3. The Labute approximate surface area is 160 Å². The fourth-order valence-corrected chi connectivity index (χ4v) is 2.96. The van der Waals surface area contributed by atoms with Gasteiger partial charge in [-0.1, -0.05) is 23.7 Å². The topological polar surface area (TPSA) is 70.3 Å². The SMILES string of the molecule is COc1ccc2nc(C)cc(OCc3nnc(-c4ccccc4Cl)o3)c2c1. The molecule has 2 aromatic carbocycles. The van der Waals surface area contributed by atoms with Crippen molar-refractivity contribution >= 4 is 22.5 Å². The molecule has 136 valence electrons. The van der Waals surface area contributed by atoms with Crippen molar-refractivity contribution < 1.29 is 13.9 Å². The Balaban J connectivity index is 1.60. The molecule has 0 saturated carbocycles. The second-order valence-corrected chi connectivity index (χ2v) is 6.32. The molecule has 0 unspecified atom stereocenters. The number of methoxy groups -OCH3 is 1. The number of pyridine rings is 1. The summed E-state index contributed by atoms with van der Waals surface area (Å²) in [7, 11) is 1.62. The fraction of sp³-hybridized carbons (Fsp3) is 0.150. The van der Waals surface area contributed by atoms with Crippen LogP contribution in [0.5, 0.6) is 11.5 Å². The third kappa shape index (κ3) is 3.57. The summed E-state index contributed by atoms with van der Waals surface area (Å²) in [5.41, 5.74) is 2.37. The zero-order valence-electron chi connectivity index (χ0n) is 14.8. The molecule has 0 bridgehead atoms. The van der Waals surface area contributed by atoms with Crippen molar-refractivity contribution in [3.8, 4) is 23.0 Å². The lowest BCUT2D eigenvalue weighted by Gasteiger charge is -2.10. The van der Waals surface area contributed by atoms with Gasteiger partial charge in [0.05, 0.1) is 23.2 Å². The van der Waals surface area contributed by atoms with Gasteiger partial charge in [-0.3, -0.25) is 4.98 Å². The van der Waals surface area contributed by atoms with Crippen LogP contribution in [0.2, 0.25) is 5.02 Å². The number of hydrogen-bond donors (Lipinski definition) is 0. The van der Waals surface area contributed by atoms with Gasteiger partial charge in [-0.25, -0.2) is 0 Å². The first-order valence-corrected chi connectivity index (χ1v) is 8.67. The summed E-state index contributed by atoms with van der Waals surface area (Å²) < 4.78 is 16.9. The monoisotopic (exact) mass is 381 g/mol. The van der Waals surface area contributed by atoms with E-state index in [0.29, 0.717) is 28.1 Å². The number of fused-ring (bicyclic) bond motifs is 1. The Morgan fingerprint density at radius 3 is 2.74 bits per heavy atom. The van der Waals surface area contributed by atoms with E-state index < -0.39 is 0 Å². The lowest BCUT2D eigenvalue weighted by atomic mass is 10.1. The largest absolute Gasteiger partial charge is 0.497 e. The fourth-order valence-electron chi connectivity index (χ4n) is 2.74. The highest BCUT2D eigenvalue weighted by molar-refractivity contribution is 6.33. The summed E-state index contributed by atoms with van der Waals surface area (Å²) in [6.45, 7) is 2.05. The predicted octanol–water partition coefficient (Wildman–Crippen LogP) is 4.83. The first-order valence-electron chi connectivity index (χ1n) is 8.29. The van der Waals surface area contributed by atoms with Gasteiger partial charge < -0.3 is 13.9 Å². The van der Waals surface area contributed by atoms with Crippen molar-refractivity contribution in [2.45, 2.75) is 13.5 Å². The van der Waals surface area contributed by atoms with Gasteiger partial charge in [0.2, 0.25) is 5.89 Å². The minimum absolute atomic E-state index is 0.132. The normalized spacial score (nSPS) is 10.9. The van der Waals surface area contributed by atoms with Crippen molar-refractivity contribution in [3.63, 3.8) is 0 Å². The smallest absolute Gasteiger partial charge is 0.254 e. The molecule has 0 aliphatic carbocycles. The highest BCUT2D eigenvalue weighted by Crippen LogP contribution is 2.30. The molecule has 0 spiro atoms. The van der Waals surface area contributed by atoms with E-state index >= 15 is 0 Å². The van der Waals surface area contributed by atoms with E-state index in [9.17, 15) is 0 Å². The maximum Gasteiger partial charge on any atom is 0.254 e. The molecule has 0 fully saturated rings. The quantitative estimate of drug-likeness (QED) is 0.493. The summed E-state index contributed by atoms with van der Waals surface area (Å²) in [4.78, 5) is 4.52. The molecule has 0 N–H and O–H groups in total. The molecule has 0 saturated heterocycles. The number of rotatable bonds is 5. The summed E-state index contributed by atoms with van der Waals surface area (Å²) in [5, 5.41) is 9.50. The van der Waals surface area contributed by atoms with Crippen LogP contribution >= 0.6 is 11.6 Å². The lowest BCUT2D eigenvalue weighted by Crippen LogP contribution is -1.98. The maximum atomic E-state index is 6.17. The number of aryl methyl sites for hydroxylation is 1. The molecule has 0 atom stereocenters. The van der Waals surface area contributed by atoms with Gasteiger partial charge in [0.15, 0.2) is 6.61 Å². The van der Waals surface area contributed by atoms with Crippen LogP contribution in [-0.4, -0.2) is 22.3 Å². The van der Waals surface area contributed by atoms with Crippen molar-refractivity contribution in [3.05, 3.63) is 65.1 Å². The van der Waals surface area contributed by atoms with E-state index in [1.807, 2.05) is 49.4 Å². The van der Waals surface area contributed by atoms with E-state index in [4.69, 9.17) is 25.5 Å². The molecule has 0 amide bonds. The van der Waals surface area contributed by atoms with Crippen LogP contribution in [0.15, 0.2) is 52.9 Å². The molecule has 6 nitrogen and oxygen atoms in total. The minimum Gasteiger partial charge on any atom is -0.497 e. The highest BCUT2D eigenvalue weighted by atomic mass is 35.5. The Morgan fingerprint density at radius 2 is 1.93 bits per heavy atom. The summed E-state index contributed by atoms with van der Waals surface area (Å²) in [6.07, 6.45) is 0. The Morgan fingerprint density at radius 1 is 1.07 bits per heavy atom. The number of benzene rings is 2. The molecule has 0 aliphatic rings. The molecular weight excluding hydrogens is 366 g/mol. The maximum absolute atomic E-state index is 6.17. The van der Waals surface area contributed by atoms with Crippen LogP contribution in [-0.2, 0) is 6.61 Å². The van der Waals surface area contributed by atoms with Crippen LogP contribution < -0.4 is 9.47 Å². The average Bonchev–Trinajstić information content (AvgIpc) is 3.15. The van der Waals surface area contributed by atoms with Gasteiger partial charge in [0.25, 0.3) is 5.89 Å².